The summed E-state index contributed by atoms with van der Waals surface area (Å²) in [5.41, 5.74) is 2.46. The highest BCUT2D eigenvalue weighted by atomic mass is 32.1. The molecule has 0 saturated carbocycles. The summed E-state index contributed by atoms with van der Waals surface area (Å²) in [4.78, 5) is 5.15. The maximum atomic E-state index is 6.08. The van der Waals surface area contributed by atoms with E-state index in [1.807, 2.05) is 34.8 Å². The Morgan fingerprint density at radius 1 is 0.656 bits per heavy atom. The first kappa shape index (κ1) is 22.6. The molecular formula is C28H30O2S2. The van der Waals surface area contributed by atoms with Crippen LogP contribution in [-0.4, -0.2) is 13.2 Å². The Balaban J connectivity index is 1.42. The molecule has 0 aliphatic carbocycles. The molecular weight excluding hydrogens is 432 g/mol. The van der Waals surface area contributed by atoms with Crippen LogP contribution in [0.25, 0.3) is 30.6 Å². The zero-order valence-electron chi connectivity index (χ0n) is 19.0. The van der Waals surface area contributed by atoms with Crippen molar-refractivity contribution in [1.29, 1.82) is 0 Å². The third kappa shape index (κ3) is 5.62. The van der Waals surface area contributed by atoms with Gasteiger partial charge in [0.25, 0.3) is 0 Å². The minimum Gasteiger partial charge on any atom is -0.497 e. The predicted octanol–water partition coefficient (Wildman–Crippen LogP) is 9.17. The van der Waals surface area contributed by atoms with Gasteiger partial charge < -0.3 is 9.47 Å². The van der Waals surface area contributed by atoms with E-state index < -0.39 is 0 Å². The van der Waals surface area contributed by atoms with Gasteiger partial charge in [0.15, 0.2) is 0 Å². The first-order valence-corrected chi connectivity index (χ1v) is 12.9. The predicted molar refractivity (Wildman–Crippen MR) is 139 cm³/mol. The summed E-state index contributed by atoms with van der Waals surface area (Å²) in [6, 6.07) is 25.6. The Morgan fingerprint density at radius 3 is 1.66 bits per heavy atom. The van der Waals surface area contributed by atoms with Crippen LogP contribution in [0.2, 0.25) is 0 Å². The monoisotopic (exact) mass is 462 g/mol. The zero-order valence-corrected chi connectivity index (χ0v) is 20.6. The summed E-state index contributed by atoms with van der Waals surface area (Å²) in [6.07, 6.45) is 5.14. The highest BCUT2D eigenvalue weighted by molar-refractivity contribution is 7.25. The molecule has 4 rings (SSSR count). The molecule has 2 aromatic carbocycles. The fourth-order valence-corrected chi connectivity index (χ4v) is 5.79. The van der Waals surface area contributed by atoms with Crippen molar-refractivity contribution >= 4 is 22.7 Å². The second-order valence-electron chi connectivity index (χ2n) is 8.00. The third-order valence-corrected chi connectivity index (χ3v) is 7.98. The smallest absolute Gasteiger partial charge is 0.119 e. The second kappa shape index (κ2) is 10.8. The van der Waals surface area contributed by atoms with Crippen molar-refractivity contribution in [2.45, 2.75) is 45.6 Å². The average molecular weight is 463 g/mol. The Morgan fingerprint density at radius 2 is 1.16 bits per heavy atom. The van der Waals surface area contributed by atoms with E-state index in [2.05, 4.69) is 74.5 Å². The molecule has 0 amide bonds. The number of thiophene rings is 2. The third-order valence-electron chi connectivity index (χ3n) is 5.52. The lowest BCUT2D eigenvalue weighted by Crippen LogP contribution is -2.11. The van der Waals surface area contributed by atoms with E-state index in [1.165, 1.54) is 49.9 Å². The highest BCUT2D eigenvalue weighted by Crippen LogP contribution is 2.40. The summed E-state index contributed by atoms with van der Waals surface area (Å²) in [7, 11) is 1.70. The summed E-state index contributed by atoms with van der Waals surface area (Å²) >= 11 is 3.66. The fourth-order valence-electron chi connectivity index (χ4n) is 3.68. The zero-order chi connectivity index (χ0) is 22.3. The van der Waals surface area contributed by atoms with Gasteiger partial charge in [-0.05, 0) is 104 Å². The highest BCUT2D eigenvalue weighted by Gasteiger charge is 2.10. The van der Waals surface area contributed by atoms with E-state index in [0.717, 1.165) is 17.9 Å². The van der Waals surface area contributed by atoms with E-state index in [0.29, 0.717) is 0 Å². The molecule has 2 nitrogen and oxygen atoms in total. The van der Waals surface area contributed by atoms with Crippen LogP contribution in [0.3, 0.4) is 0 Å². The number of methoxy groups -OCH3 is 1. The van der Waals surface area contributed by atoms with Crippen molar-refractivity contribution < 1.29 is 9.47 Å². The van der Waals surface area contributed by atoms with Gasteiger partial charge in [0, 0.05) is 19.5 Å². The Labute approximate surface area is 199 Å². The van der Waals surface area contributed by atoms with Crippen molar-refractivity contribution in [2.75, 3.05) is 7.11 Å². The molecule has 1 atom stereocenters. The van der Waals surface area contributed by atoms with E-state index >= 15 is 0 Å². The van der Waals surface area contributed by atoms with Crippen LogP contribution in [-0.2, 0) is 0 Å². The normalized spacial score (nSPS) is 12.0. The Bertz CT molecular complexity index is 1110. The average Bonchev–Trinajstić information content (AvgIpc) is 3.50. The number of hydrogen-bond acceptors (Lipinski definition) is 4. The molecule has 0 bridgehead atoms. The van der Waals surface area contributed by atoms with E-state index in [4.69, 9.17) is 9.47 Å². The van der Waals surface area contributed by atoms with E-state index in [9.17, 15) is 0 Å². The summed E-state index contributed by atoms with van der Waals surface area (Å²) < 4.78 is 11.4. The van der Waals surface area contributed by atoms with Gasteiger partial charge in [0.05, 0.1) is 13.2 Å². The number of hydrogen-bond donors (Lipinski definition) is 0. The van der Waals surface area contributed by atoms with Crippen LogP contribution in [0.1, 0.15) is 39.5 Å². The van der Waals surface area contributed by atoms with Gasteiger partial charge in [-0.15, -0.1) is 22.7 Å². The van der Waals surface area contributed by atoms with E-state index in [1.54, 1.807) is 7.11 Å². The SMILES string of the molecule is CCCCCC(C)Oc1ccc(-c2ccc(-c3ccc(-c4ccc(OC)cc4)s3)s2)cc1. The lowest BCUT2D eigenvalue weighted by molar-refractivity contribution is 0.206. The van der Waals surface area contributed by atoms with Gasteiger partial charge >= 0.3 is 0 Å². The lowest BCUT2D eigenvalue weighted by Gasteiger charge is -2.14. The molecule has 0 spiro atoms. The molecule has 4 heteroatoms. The molecule has 0 saturated heterocycles. The Hall–Kier alpha value is -2.56. The topological polar surface area (TPSA) is 18.5 Å². The minimum atomic E-state index is 0.263. The molecule has 32 heavy (non-hydrogen) atoms. The standard InChI is InChI=1S/C28H30O2S2/c1-4-5-6-7-20(2)30-24-14-10-22(11-15-24)26-17-19-28(32-26)27-18-16-25(31-27)21-8-12-23(29-3)13-9-21/h8-20H,4-7H2,1-3H3. The van der Waals surface area contributed by atoms with Crippen LogP contribution < -0.4 is 9.47 Å². The largest absolute Gasteiger partial charge is 0.497 e. The maximum absolute atomic E-state index is 6.08. The fraction of sp³-hybridized carbons (Fsp3) is 0.286. The molecule has 2 heterocycles. The second-order valence-corrected chi connectivity index (χ2v) is 10.2. The molecule has 166 valence electrons. The first-order valence-electron chi connectivity index (χ1n) is 11.3. The molecule has 4 aromatic rings. The van der Waals surface area contributed by atoms with Crippen LogP contribution in [0.5, 0.6) is 11.5 Å². The molecule has 1 unspecified atom stereocenters. The van der Waals surface area contributed by atoms with Gasteiger partial charge in [-0.2, -0.15) is 0 Å². The molecule has 0 fully saturated rings. The number of benzene rings is 2. The summed E-state index contributed by atoms with van der Waals surface area (Å²) in [6.45, 7) is 4.40. The van der Waals surface area contributed by atoms with Crippen LogP contribution in [0, 0.1) is 0 Å². The molecule has 2 aromatic heterocycles. The van der Waals surface area contributed by atoms with Gasteiger partial charge in [-0.1, -0.05) is 19.8 Å². The van der Waals surface area contributed by atoms with E-state index in [-0.39, 0.29) is 6.10 Å². The number of rotatable bonds is 10. The first-order chi connectivity index (χ1) is 15.7. The molecule has 0 radical (unpaired) electrons. The molecule has 0 aliphatic heterocycles. The van der Waals surface area contributed by atoms with Crippen molar-refractivity contribution in [3.63, 3.8) is 0 Å². The number of unbranched alkanes of at least 4 members (excludes halogenated alkanes) is 2. The molecule has 0 aliphatic rings. The number of ether oxygens (including phenoxy) is 2. The lowest BCUT2D eigenvalue weighted by atomic mass is 10.1. The summed E-state index contributed by atoms with van der Waals surface area (Å²) in [5.74, 6) is 1.84. The van der Waals surface area contributed by atoms with Gasteiger partial charge in [0.2, 0.25) is 0 Å². The van der Waals surface area contributed by atoms with Crippen LogP contribution in [0.15, 0.2) is 72.8 Å². The van der Waals surface area contributed by atoms with Crippen LogP contribution in [0.4, 0.5) is 0 Å². The van der Waals surface area contributed by atoms with Crippen molar-refractivity contribution in [3.8, 4) is 42.1 Å². The van der Waals surface area contributed by atoms with Crippen molar-refractivity contribution in [1.82, 2.24) is 0 Å². The van der Waals surface area contributed by atoms with Crippen molar-refractivity contribution in [2.24, 2.45) is 0 Å². The van der Waals surface area contributed by atoms with Crippen LogP contribution >= 0.6 is 22.7 Å². The van der Waals surface area contributed by atoms with Gasteiger partial charge in [-0.3, -0.25) is 0 Å². The minimum absolute atomic E-state index is 0.263. The molecule has 0 N–H and O–H groups in total. The maximum Gasteiger partial charge on any atom is 0.119 e. The van der Waals surface area contributed by atoms with Gasteiger partial charge in [0.1, 0.15) is 11.5 Å². The van der Waals surface area contributed by atoms with Crippen molar-refractivity contribution in [3.05, 3.63) is 72.8 Å². The summed E-state index contributed by atoms with van der Waals surface area (Å²) in [5, 5.41) is 0. The Kier molecular flexibility index (Phi) is 7.67. The quantitative estimate of drug-likeness (QED) is 0.219. The van der Waals surface area contributed by atoms with Gasteiger partial charge in [-0.25, -0.2) is 0 Å².